The molecule has 0 aliphatic rings. The summed E-state index contributed by atoms with van der Waals surface area (Å²) in [5.41, 5.74) is 0. The molecule has 4 heteroatoms. The van der Waals surface area contributed by atoms with Crippen LogP contribution >= 0.6 is 0 Å². The lowest BCUT2D eigenvalue weighted by molar-refractivity contribution is 0.582. The van der Waals surface area contributed by atoms with E-state index < -0.39 is 10.1 Å². The zero-order valence-electron chi connectivity index (χ0n) is 6.39. The van der Waals surface area contributed by atoms with E-state index in [1.165, 1.54) is 0 Å². The first kappa shape index (κ1) is 9.44. The molecule has 1 N–H and O–H groups in total. The summed E-state index contributed by atoms with van der Waals surface area (Å²) < 4.78 is 13.5. The van der Waals surface area contributed by atoms with E-state index in [1.54, 1.807) is 12.4 Å². The fraction of sp³-hybridized carbons (Fsp3) is 0.833. The second-order valence-corrected chi connectivity index (χ2v) is 4.90. The summed E-state index contributed by atoms with van der Waals surface area (Å²) in [6, 6.07) is 0. The van der Waals surface area contributed by atoms with Gasteiger partial charge in [0.05, 0.1) is 0 Å². The van der Waals surface area contributed by atoms with Crippen molar-refractivity contribution in [3.63, 3.8) is 0 Å². The molecule has 0 saturated carbocycles. The van der Waals surface area contributed by atoms with Gasteiger partial charge in [0.2, 0.25) is 6.19 Å². The van der Waals surface area contributed by atoms with Gasteiger partial charge in [-0.1, -0.05) is 17.6 Å². The number of hydrogen-bond acceptors (Lipinski definition) is 2. The van der Waals surface area contributed by atoms with Gasteiger partial charge in [-0.15, -0.1) is 4.72 Å². The maximum atomic E-state index is 11.2. The molecule has 1 unspecified atom stereocenters. The summed E-state index contributed by atoms with van der Waals surface area (Å²) in [4.78, 5) is 0. The number of nitriles is 1. The Balaban J connectivity index is 3.67. The second-order valence-electron chi connectivity index (χ2n) is 2.28. The Morgan fingerprint density at radius 2 is 2.30 bits per heavy atom. The van der Waals surface area contributed by atoms with Crippen molar-refractivity contribution in [2.45, 2.75) is 19.8 Å². The third kappa shape index (κ3) is 4.33. The molecule has 0 bridgehead atoms. The third-order valence-electron chi connectivity index (χ3n) is 1.15. The monoisotopic (exact) mass is 161 g/mol. The molecule has 10 heavy (non-hydrogen) atoms. The van der Waals surface area contributed by atoms with Crippen molar-refractivity contribution in [3.05, 3.63) is 0 Å². The van der Waals surface area contributed by atoms with E-state index in [-0.39, 0.29) is 0 Å². The van der Waals surface area contributed by atoms with Crippen molar-refractivity contribution in [2.24, 2.45) is 0 Å². The molecule has 0 heterocycles. The Bertz CT molecular complexity index is 173. The first-order valence-corrected chi connectivity index (χ1v) is 5.38. The van der Waals surface area contributed by atoms with Crippen LogP contribution in [0.15, 0.2) is 0 Å². The van der Waals surface area contributed by atoms with Gasteiger partial charge in [-0.2, -0.15) is 5.26 Å². The van der Waals surface area contributed by atoms with Crippen LogP contribution in [0.2, 0.25) is 0 Å². The number of unbranched alkanes of at least 4 members (excludes halogenated alkanes) is 1. The smallest absolute Gasteiger partial charge is 0.169 e. The highest BCUT2D eigenvalue weighted by Crippen LogP contribution is 1.98. The Hall–Kier alpha value is -0.560. The zero-order valence-corrected chi connectivity index (χ0v) is 7.20. The van der Waals surface area contributed by atoms with Crippen LogP contribution in [0.4, 0.5) is 0 Å². The summed E-state index contributed by atoms with van der Waals surface area (Å²) in [5, 5.41) is 8.16. The highest BCUT2D eigenvalue weighted by Gasteiger charge is 2.17. The molecule has 3 nitrogen and oxygen atoms in total. The maximum Gasteiger partial charge on any atom is 0.221 e. The lowest BCUT2D eigenvalue weighted by Gasteiger charge is -2.00. The van der Waals surface area contributed by atoms with Crippen molar-refractivity contribution < 1.29 is 4.21 Å². The van der Waals surface area contributed by atoms with Gasteiger partial charge in [0.25, 0.3) is 0 Å². The first-order valence-electron chi connectivity index (χ1n) is 3.25. The van der Waals surface area contributed by atoms with E-state index >= 15 is 0 Å². The molecule has 0 amide bonds. The number of nitrogens with zero attached hydrogens (tertiary/aromatic N) is 1. The van der Waals surface area contributed by atoms with Crippen LogP contribution in [0.5, 0.6) is 0 Å². The molecule has 58 valence electrons. The van der Waals surface area contributed by atoms with E-state index in [9.17, 15) is 4.21 Å². The minimum atomic E-state index is -2.05. The topological polar surface area (TPSA) is 52.9 Å². The van der Waals surface area contributed by atoms with Gasteiger partial charge >= 0.3 is 0 Å². The molecule has 0 rings (SSSR count). The highest BCUT2D eigenvalue weighted by atomic mass is 32.3. The summed E-state index contributed by atoms with van der Waals surface area (Å²) in [7, 11) is -2.05. The van der Waals surface area contributed by atoms with Gasteiger partial charge < -0.3 is 0 Å². The van der Waals surface area contributed by atoms with Crippen molar-refractivity contribution in [3.8, 4) is 6.19 Å². The van der Waals surface area contributed by atoms with Crippen LogP contribution < -0.4 is 4.72 Å². The average Bonchev–Trinajstić information content (AvgIpc) is 1.84. The average molecular weight is 161 g/mol. The predicted molar refractivity (Wildman–Crippen MR) is 42.5 cm³/mol. The lowest BCUT2D eigenvalue weighted by atomic mass is 10.4. The molecular weight excluding hydrogens is 148 g/mol. The van der Waals surface area contributed by atoms with Crippen molar-refractivity contribution in [1.29, 1.82) is 5.26 Å². The standard InChI is InChI=1S/C6H13N2OS/c1-3-4-5-10(2,9)8-6-7/h3-5H2,1-2H3,(H,8,9)/q+1. The normalized spacial score (nSPS) is 15.3. The summed E-state index contributed by atoms with van der Waals surface area (Å²) in [5.74, 6) is 0.594. The minimum absolute atomic E-state index is 0.594. The number of nitrogens with one attached hydrogen (secondary N) is 1. The van der Waals surface area contributed by atoms with Gasteiger partial charge in [0.1, 0.15) is 12.0 Å². The highest BCUT2D eigenvalue weighted by molar-refractivity contribution is 8.00. The minimum Gasteiger partial charge on any atom is -0.169 e. The van der Waals surface area contributed by atoms with E-state index in [2.05, 4.69) is 4.72 Å². The van der Waals surface area contributed by atoms with E-state index in [1.807, 2.05) is 6.92 Å². The molecule has 0 radical (unpaired) electrons. The molecule has 0 spiro atoms. The Labute approximate surface area is 63.0 Å². The van der Waals surface area contributed by atoms with Gasteiger partial charge in [-0.05, 0) is 6.42 Å². The largest absolute Gasteiger partial charge is 0.221 e. The molecule has 0 aromatic carbocycles. The maximum absolute atomic E-state index is 11.2. The summed E-state index contributed by atoms with van der Waals surface area (Å²) >= 11 is 0. The van der Waals surface area contributed by atoms with Crippen LogP contribution in [0.3, 0.4) is 0 Å². The Morgan fingerprint density at radius 3 is 2.70 bits per heavy atom. The second kappa shape index (κ2) is 4.29. The Kier molecular flexibility index (Phi) is 4.05. The lowest BCUT2D eigenvalue weighted by Crippen LogP contribution is -2.27. The third-order valence-corrected chi connectivity index (χ3v) is 2.74. The SMILES string of the molecule is CCCC[S+](C)(=O)NC#N. The van der Waals surface area contributed by atoms with Gasteiger partial charge in [0.15, 0.2) is 10.1 Å². The van der Waals surface area contributed by atoms with E-state index in [0.717, 1.165) is 12.8 Å². The van der Waals surface area contributed by atoms with Crippen LogP contribution in [0.25, 0.3) is 0 Å². The number of rotatable bonds is 4. The fourth-order valence-electron chi connectivity index (χ4n) is 0.567. The fourth-order valence-corrected chi connectivity index (χ4v) is 1.70. The molecule has 1 atom stereocenters. The predicted octanol–water partition coefficient (Wildman–Crippen LogP) is 0.901. The number of hydrogen-bond donors (Lipinski definition) is 1. The molecule has 0 aliphatic heterocycles. The molecule has 0 aliphatic carbocycles. The van der Waals surface area contributed by atoms with E-state index in [4.69, 9.17) is 5.26 Å². The van der Waals surface area contributed by atoms with Crippen molar-refractivity contribution in [2.75, 3.05) is 12.0 Å². The van der Waals surface area contributed by atoms with Crippen molar-refractivity contribution >= 4 is 10.1 Å². The molecule has 0 aromatic rings. The van der Waals surface area contributed by atoms with Gasteiger partial charge in [0, 0.05) is 0 Å². The van der Waals surface area contributed by atoms with Crippen molar-refractivity contribution in [1.82, 2.24) is 4.72 Å². The van der Waals surface area contributed by atoms with E-state index in [0.29, 0.717) is 5.75 Å². The quantitative estimate of drug-likeness (QED) is 0.378. The zero-order chi connectivity index (χ0) is 8.04. The molecule has 0 saturated heterocycles. The van der Waals surface area contributed by atoms with Gasteiger partial charge in [-0.25, -0.2) is 0 Å². The van der Waals surface area contributed by atoms with Crippen LogP contribution in [0.1, 0.15) is 19.8 Å². The molecule has 0 fully saturated rings. The van der Waals surface area contributed by atoms with Crippen LogP contribution in [0, 0.1) is 11.5 Å². The Morgan fingerprint density at radius 1 is 1.70 bits per heavy atom. The van der Waals surface area contributed by atoms with Crippen LogP contribution in [-0.2, 0) is 14.3 Å². The first-order chi connectivity index (χ1) is 4.62. The van der Waals surface area contributed by atoms with Gasteiger partial charge in [-0.3, -0.25) is 0 Å². The molecular formula is C6H13N2OS+. The molecule has 0 aromatic heterocycles. The summed E-state index contributed by atoms with van der Waals surface area (Å²) in [6.45, 7) is 2.03. The summed E-state index contributed by atoms with van der Waals surface area (Å²) in [6.07, 6.45) is 5.19. The van der Waals surface area contributed by atoms with Crippen LogP contribution in [-0.4, -0.2) is 12.0 Å².